The molecule has 1 aromatic carbocycles. The largest absolute Gasteiger partial charge is 0.434 e. The third-order valence-corrected chi connectivity index (χ3v) is 2.70. The molecule has 21 heavy (non-hydrogen) atoms. The fourth-order valence-electron chi connectivity index (χ4n) is 1.60. The van der Waals surface area contributed by atoms with Gasteiger partial charge in [-0.15, -0.1) is 0 Å². The van der Waals surface area contributed by atoms with Gasteiger partial charge in [0.15, 0.2) is 0 Å². The van der Waals surface area contributed by atoms with E-state index in [0.29, 0.717) is 18.2 Å². The number of aryl methyl sites for hydroxylation is 1. The van der Waals surface area contributed by atoms with Crippen molar-refractivity contribution in [1.82, 2.24) is 9.97 Å². The molecule has 0 fully saturated rings. The Hall–Kier alpha value is -2.70. The number of nitrogens with zero attached hydrogens (tertiary/aromatic N) is 3. The highest BCUT2D eigenvalue weighted by atomic mass is 16.6. The average Bonchev–Trinajstić information content (AvgIpc) is 2.47. The van der Waals surface area contributed by atoms with E-state index >= 15 is 0 Å². The van der Waals surface area contributed by atoms with E-state index in [0.717, 1.165) is 18.2 Å². The maximum atomic E-state index is 11.0. The third-order valence-electron chi connectivity index (χ3n) is 2.70. The quantitative estimate of drug-likeness (QED) is 0.647. The predicted octanol–water partition coefficient (Wildman–Crippen LogP) is 3.31. The number of hydrogen-bond donors (Lipinski definition) is 1. The van der Waals surface area contributed by atoms with Crippen LogP contribution in [0.4, 0.5) is 11.6 Å². The molecule has 1 heterocycles. The van der Waals surface area contributed by atoms with Gasteiger partial charge < -0.3 is 10.1 Å². The predicted molar refractivity (Wildman–Crippen MR) is 78.7 cm³/mol. The first-order valence-corrected chi connectivity index (χ1v) is 6.60. The van der Waals surface area contributed by atoms with Crippen LogP contribution in [-0.2, 0) is 0 Å². The molecule has 0 radical (unpaired) electrons. The summed E-state index contributed by atoms with van der Waals surface area (Å²) >= 11 is 0. The summed E-state index contributed by atoms with van der Waals surface area (Å²) in [5.74, 6) is 0.728. The van der Waals surface area contributed by atoms with Crippen LogP contribution < -0.4 is 10.1 Å². The summed E-state index contributed by atoms with van der Waals surface area (Å²) in [6, 6.07) is 7.19. The van der Waals surface area contributed by atoms with E-state index in [1.807, 2.05) is 26.0 Å². The Morgan fingerprint density at radius 2 is 2.05 bits per heavy atom. The van der Waals surface area contributed by atoms with Crippen molar-refractivity contribution in [2.45, 2.75) is 20.3 Å². The monoisotopic (exact) mass is 288 g/mol. The van der Waals surface area contributed by atoms with Crippen molar-refractivity contribution in [3.8, 4) is 11.6 Å². The molecule has 7 nitrogen and oxygen atoms in total. The number of hydrogen-bond acceptors (Lipinski definition) is 6. The van der Waals surface area contributed by atoms with Gasteiger partial charge in [-0.25, -0.2) is 4.98 Å². The van der Waals surface area contributed by atoms with Gasteiger partial charge in [-0.3, -0.25) is 10.1 Å². The molecule has 0 bridgehead atoms. The van der Waals surface area contributed by atoms with Gasteiger partial charge in [-0.2, -0.15) is 4.98 Å². The molecule has 2 aromatic rings. The highest BCUT2D eigenvalue weighted by Crippen LogP contribution is 2.29. The third kappa shape index (κ3) is 3.88. The number of benzene rings is 1. The molecule has 0 aliphatic carbocycles. The molecule has 110 valence electrons. The summed E-state index contributed by atoms with van der Waals surface area (Å²) in [5, 5.41) is 14.0. The van der Waals surface area contributed by atoms with Crippen molar-refractivity contribution in [3.05, 3.63) is 46.1 Å². The molecule has 0 spiro atoms. The van der Waals surface area contributed by atoms with E-state index in [1.165, 1.54) is 0 Å². The zero-order chi connectivity index (χ0) is 15.2. The zero-order valence-electron chi connectivity index (χ0n) is 11.9. The van der Waals surface area contributed by atoms with E-state index < -0.39 is 4.92 Å². The number of nitrogens with one attached hydrogen (secondary N) is 1. The normalized spacial score (nSPS) is 10.2. The van der Waals surface area contributed by atoms with Crippen molar-refractivity contribution < 1.29 is 9.66 Å². The van der Waals surface area contributed by atoms with Gasteiger partial charge in [0.05, 0.1) is 4.92 Å². The lowest BCUT2D eigenvalue weighted by Gasteiger charge is -2.08. The number of ether oxygens (including phenoxy) is 1. The lowest BCUT2D eigenvalue weighted by Crippen LogP contribution is -2.06. The Labute approximate surface area is 122 Å². The van der Waals surface area contributed by atoms with Crippen LogP contribution in [0.5, 0.6) is 11.6 Å². The van der Waals surface area contributed by atoms with E-state index in [2.05, 4.69) is 15.3 Å². The Morgan fingerprint density at radius 3 is 2.67 bits per heavy atom. The smallest absolute Gasteiger partial charge is 0.349 e. The van der Waals surface area contributed by atoms with Crippen LogP contribution in [0, 0.1) is 17.0 Å². The van der Waals surface area contributed by atoms with Gasteiger partial charge in [0.2, 0.25) is 5.95 Å². The first-order chi connectivity index (χ1) is 10.1. The minimum atomic E-state index is -0.562. The van der Waals surface area contributed by atoms with Crippen LogP contribution in [0.2, 0.25) is 0 Å². The van der Waals surface area contributed by atoms with Crippen molar-refractivity contribution >= 4 is 11.6 Å². The number of aromatic nitrogens is 2. The molecule has 0 saturated heterocycles. The van der Waals surface area contributed by atoms with Gasteiger partial charge >= 0.3 is 11.6 Å². The Morgan fingerprint density at radius 1 is 1.33 bits per heavy atom. The van der Waals surface area contributed by atoms with Crippen molar-refractivity contribution in [1.29, 1.82) is 0 Å². The molecule has 0 amide bonds. The van der Waals surface area contributed by atoms with Crippen LogP contribution in [0.1, 0.15) is 18.9 Å². The van der Waals surface area contributed by atoms with Crippen LogP contribution >= 0.6 is 0 Å². The summed E-state index contributed by atoms with van der Waals surface area (Å²) in [5.41, 5.74) is 0.808. The van der Waals surface area contributed by atoms with Crippen molar-refractivity contribution in [3.63, 3.8) is 0 Å². The molecule has 0 atom stereocenters. The molecule has 7 heteroatoms. The SMILES string of the molecule is CCCNc1ncc([N+](=O)[O-])c(Oc2ccc(C)cc2)n1. The minimum absolute atomic E-state index is 0.0718. The maximum Gasteiger partial charge on any atom is 0.349 e. The summed E-state index contributed by atoms with van der Waals surface area (Å²) < 4.78 is 5.51. The Kier molecular flexibility index (Phi) is 4.65. The lowest BCUT2D eigenvalue weighted by atomic mass is 10.2. The Balaban J connectivity index is 2.29. The van der Waals surface area contributed by atoms with E-state index in [9.17, 15) is 10.1 Å². The molecule has 0 unspecified atom stereocenters. The molecule has 0 aliphatic rings. The van der Waals surface area contributed by atoms with Gasteiger partial charge in [0.25, 0.3) is 0 Å². The second-order valence-electron chi connectivity index (χ2n) is 4.48. The molecule has 2 rings (SSSR count). The second-order valence-corrected chi connectivity index (χ2v) is 4.48. The van der Waals surface area contributed by atoms with Crippen LogP contribution in [0.25, 0.3) is 0 Å². The van der Waals surface area contributed by atoms with Crippen LogP contribution in [0.3, 0.4) is 0 Å². The lowest BCUT2D eigenvalue weighted by molar-refractivity contribution is -0.386. The highest BCUT2D eigenvalue weighted by Gasteiger charge is 2.19. The second kappa shape index (κ2) is 6.65. The van der Waals surface area contributed by atoms with Gasteiger partial charge in [-0.05, 0) is 25.5 Å². The molecule has 1 N–H and O–H groups in total. The first kappa shape index (κ1) is 14.7. The number of rotatable bonds is 6. The van der Waals surface area contributed by atoms with Crippen LogP contribution in [0.15, 0.2) is 30.5 Å². The van der Waals surface area contributed by atoms with Gasteiger partial charge in [0.1, 0.15) is 11.9 Å². The van der Waals surface area contributed by atoms with E-state index in [4.69, 9.17) is 4.74 Å². The molecule has 0 aliphatic heterocycles. The Bertz CT molecular complexity index is 629. The topological polar surface area (TPSA) is 90.2 Å². The molecular formula is C14H16N4O3. The fraction of sp³-hybridized carbons (Fsp3) is 0.286. The van der Waals surface area contributed by atoms with E-state index in [-0.39, 0.29) is 11.6 Å². The van der Waals surface area contributed by atoms with E-state index in [1.54, 1.807) is 12.1 Å². The number of nitro groups is 1. The van der Waals surface area contributed by atoms with Gasteiger partial charge in [-0.1, -0.05) is 24.6 Å². The summed E-state index contributed by atoms with van der Waals surface area (Å²) in [7, 11) is 0. The summed E-state index contributed by atoms with van der Waals surface area (Å²) in [6.45, 7) is 4.63. The highest BCUT2D eigenvalue weighted by molar-refractivity contribution is 5.45. The van der Waals surface area contributed by atoms with Crippen LogP contribution in [-0.4, -0.2) is 21.4 Å². The summed E-state index contributed by atoms with van der Waals surface area (Å²) in [6.07, 6.45) is 2.04. The van der Waals surface area contributed by atoms with Crippen molar-refractivity contribution in [2.75, 3.05) is 11.9 Å². The number of anilines is 1. The maximum absolute atomic E-state index is 11.0. The standard InChI is InChI=1S/C14H16N4O3/c1-3-8-15-14-16-9-12(18(19)20)13(17-14)21-11-6-4-10(2)5-7-11/h4-7,9H,3,8H2,1-2H3,(H,15,16,17). The summed E-state index contributed by atoms with van der Waals surface area (Å²) in [4.78, 5) is 18.4. The molecule has 0 saturated carbocycles. The zero-order valence-corrected chi connectivity index (χ0v) is 11.9. The molecular weight excluding hydrogens is 272 g/mol. The fourth-order valence-corrected chi connectivity index (χ4v) is 1.60. The van der Waals surface area contributed by atoms with Crippen molar-refractivity contribution in [2.24, 2.45) is 0 Å². The average molecular weight is 288 g/mol. The minimum Gasteiger partial charge on any atom is -0.434 e. The first-order valence-electron chi connectivity index (χ1n) is 6.60. The van der Waals surface area contributed by atoms with Gasteiger partial charge in [0, 0.05) is 6.54 Å². The molecule has 1 aromatic heterocycles.